The van der Waals surface area contributed by atoms with Crippen molar-refractivity contribution in [2.75, 3.05) is 19.6 Å². The van der Waals surface area contributed by atoms with E-state index in [1.54, 1.807) is 13.0 Å². The molecule has 0 unspecified atom stereocenters. The van der Waals surface area contributed by atoms with Crippen molar-refractivity contribution in [3.05, 3.63) is 40.4 Å². The summed E-state index contributed by atoms with van der Waals surface area (Å²) in [6.07, 6.45) is 0. The smallest absolute Gasteiger partial charge is 0.257 e. The fourth-order valence-electron chi connectivity index (χ4n) is 2.35. The number of amides is 1. The van der Waals surface area contributed by atoms with Gasteiger partial charge in [-0.15, -0.1) is 0 Å². The van der Waals surface area contributed by atoms with Gasteiger partial charge in [-0.05, 0) is 19.1 Å². The van der Waals surface area contributed by atoms with Crippen LogP contribution in [0, 0.1) is 18.7 Å². The fraction of sp³-hybridized carbons (Fsp3) is 0.333. The number of aryl methyl sites for hydroxylation is 1. The molecular weight excluding hydrogens is 309 g/mol. The standard InChI is InChI=1S/C15H15ClFN3O2/c1-8-12(15(21)19-7-9-5-18-6-9)14(20-22-8)13-10(16)3-2-4-11(13)17/h2-4,9,18H,5-7H2,1H3,(H,19,21). The molecule has 0 bridgehead atoms. The Morgan fingerprint density at radius 2 is 2.32 bits per heavy atom. The number of hydrogen-bond acceptors (Lipinski definition) is 4. The molecule has 1 saturated heterocycles. The molecule has 1 amide bonds. The number of rotatable bonds is 4. The van der Waals surface area contributed by atoms with Crippen LogP contribution < -0.4 is 10.6 Å². The zero-order valence-corrected chi connectivity index (χ0v) is 12.7. The molecule has 22 heavy (non-hydrogen) atoms. The second-order valence-electron chi connectivity index (χ2n) is 5.29. The van der Waals surface area contributed by atoms with E-state index < -0.39 is 5.82 Å². The molecule has 0 aliphatic carbocycles. The van der Waals surface area contributed by atoms with Gasteiger partial charge in [0, 0.05) is 25.6 Å². The summed E-state index contributed by atoms with van der Waals surface area (Å²) in [7, 11) is 0. The Bertz CT molecular complexity index is 693. The first-order chi connectivity index (χ1) is 10.6. The molecule has 0 radical (unpaired) electrons. The predicted molar refractivity (Wildman–Crippen MR) is 80.3 cm³/mol. The molecule has 3 rings (SSSR count). The van der Waals surface area contributed by atoms with Gasteiger partial charge in [-0.1, -0.05) is 22.8 Å². The molecule has 116 valence electrons. The molecule has 2 heterocycles. The van der Waals surface area contributed by atoms with Gasteiger partial charge in [0.25, 0.3) is 5.91 Å². The quantitative estimate of drug-likeness (QED) is 0.906. The first-order valence-electron chi connectivity index (χ1n) is 6.97. The minimum absolute atomic E-state index is 0.0801. The Kier molecular flexibility index (Phi) is 4.13. The van der Waals surface area contributed by atoms with Crippen molar-refractivity contribution >= 4 is 17.5 Å². The Morgan fingerprint density at radius 3 is 2.95 bits per heavy atom. The predicted octanol–water partition coefficient (Wildman–Crippen LogP) is 2.39. The lowest BCUT2D eigenvalue weighted by Crippen LogP contribution is -2.48. The van der Waals surface area contributed by atoms with Crippen LogP contribution in [0.2, 0.25) is 5.02 Å². The topological polar surface area (TPSA) is 67.2 Å². The maximum Gasteiger partial charge on any atom is 0.257 e. The number of nitrogens with zero attached hydrogens (tertiary/aromatic N) is 1. The number of nitrogens with one attached hydrogen (secondary N) is 2. The summed E-state index contributed by atoms with van der Waals surface area (Å²) in [5.41, 5.74) is 0.431. The van der Waals surface area contributed by atoms with Crippen LogP contribution in [-0.2, 0) is 0 Å². The van der Waals surface area contributed by atoms with E-state index >= 15 is 0 Å². The van der Waals surface area contributed by atoms with Crippen LogP contribution in [0.4, 0.5) is 4.39 Å². The van der Waals surface area contributed by atoms with Crippen molar-refractivity contribution in [1.29, 1.82) is 0 Å². The van der Waals surface area contributed by atoms with E-state index in [2.05, 4.69) is 15.8 Å². The normalized spacial score (nSPS) is 14.7. The van der Waals surface area contributed by atoms with Crippen LogP contribution in [-0.4, -0.2) is 30.7 Å². The zero-order chi connectivity index (χ0) is 15.7. The Morgan fingerprint density at radius 1 is 1.55 bits per heavy atom. The van der Waals surface area contributed by atoms with E-state index in [1.807, 2.05) is 0 Å². The summed E-state index contributed by atoms with van der Waals surface area (Å²) >= 11 is 6.05. The van der Waals surface area contributed by atoms with Crippen molar-refractivity contribution in [2.24, 2.45) is 5.92 Å². The van der Waals surface area contributed by atoms with E-state index in [9.17, 15) is 9.18 Å². The number of aromatic nitrogens is 1. The van der Waals surface area contributed by atoms with Crippen molar-refractivity contribution in [2.45, 2.75) is 6.92 Å². The lowest BCUT2D eigenvalue weighted by atomic mass is 10.0. The van der Waals surface area contributed by atoms with Crippen LogP contribution in [0.5, 0.6) is 0 Å². The molecule has 1 fully saturated rings. The number of carbonyl (C=O) groups is 1. The van der Waals surface area contributed by atoms with Crippen molar-refractivity contribution in [3.63, 3.8) is 0 Å². The Hall–Kier alpha value is -1.92. The Balaban J connectivity index is 1.91. The van der Waals surface area contributed by atoms with Gasteiger partial charge in [0.15, 0.2) is 0 Å². The summed E-state index contributed by atoms with van der Waals surface area (Å²) < 4.78 is 19.1. The molecule has 7 heteroatoms. The first kappa shape index (κ1) is 15.0. The van der Waals surface area contributed by atoms with Gasteiger partial charge in [-0.3, -0.25) is 4.79 Å². The van der Waals surface area contributed by atoms with Crippen molar-refractivity contribution in [1.82, 2.24) is 15.8 Å². The number of carbonyl (C=O) groups excluding carboxylic acids is 1. The van der Waals surface area contributed by atoms with E-state index in [0.717, 1.165) is 13.1 Å². The van der Waals surface area contributed by atoms with Gasteiger partial charge in [0.1, 0.15) is 22.8 Å². The summed E-state index contributed by atoms with van der Waals surface area (Å²) in [5, 5.41) is 9.97. The molecular formula is C15H15ClFN3O2. The Labute approximate surface area is 131 Å². The maximum absolute atomic E-state index is 14.1. The molecule has 1 aliphatic rings. The fourth-order valence-corrected chi connectivity index (χ4v) is 2.60. The highest BCUT2D eigenvalue weighted by molar-refractivity contribution is 6.33. The van der Waals surface area contributed by atoms with Gasteiger partial charge < -0.3 is 15.2 Å². The molecule has 0 spiro atoms. The van der Waals surface area contributed by atoms with E-state index in [1.165, 1.54) is 12.1 Å². The number of hydrogen-bond donors (Lipinski definition) is 2. The van der Waals surface area contributed by atoms with Crippen LogP contribution in [0.3, 0.4) is 0 Å². The molecule has 2 N–H and O–H groups in total. The van der Waals surface area contributed by atoms with E-state index in [4.69, 9.17) is 16.1 Å². The maximum atomic E-state index is 14.1. The van der Waals surface area contributed by atoms with Crippen LogP contribution in [0.1, 0.15) is 16.1 Å². The van der Waals surface area contributed by atoms with Gasteiger partial charge in [0.2, 0.25) is 0 Å². The largest absolute Gasteiger partial charge is 0.360 e. The molecule has 1 aromatic carbocycles. The van der Waals surface area contributed by atoms with Crippen molar-refractivity contribution in [3.8, 4) is 11.3 Å². The van der Waals surface area contributed by atoms with Gasteiger partial charge in [-0.25, -0.2) is 4.39 Å². The van der Waals surface area contributed by atoms with Gasteiger partial charge >= 0.3 is 0 Å². The third kappa shape index (κ3) is 2.71. The monoisotopic (exact) mass is 323 g/mol. The van der Waals surface area contributed by atoms with E-state index in [-0.39, 0.29) is 27.8 Å². The van der Waals surface area contributed by atoms with Crippen LogP contribution in [0.15, 0.2) is 22.7 Å². The molecule has 1 aromatic heterocycles. The summed E-state index contributed by atoms with van der Waals surface area (Å²) in [6, 6.07) is 4.32. The number of halogens is 2. The van der Waals surface area contributed by atoms with Crippen LogP contribution in [0.25, 0.3) is 11.3 Å². The average molecular weight is 324 g/mol. The third-order valence-electron chi connectivity index (χ3n) is 3.71. The average Bonchev–Trinajstić information content (AvgIpc) is 2.78. The minimum atomic E-state index is -0.543. The van der Waals surface area contributed by atoms with Crippen molar-refractivity contribution < 1.29 is 13.7 Å². The van der Waals surface area contributed by atoms with E-state index in [0.29, 0.717) is 18.2 Å². The minimum Gasteiger partial charge on any atom is -0.360 e. The molecule has 2 aromatic rings. The third-order valence-corrected chi connectivity index (χ3v) is 4.02. The lowest BCUT2D eigenvalue weighted by Gasteiger charge is -2.27. The number of benzene rings is 1. The highest BCUT2D eigenvalue weighted by atomic mass is 35.5. The molecule has 0 saturated carbocycles. The zero-order valence-electron chi connectivity index (χ0n) is 12.0. The second-order valence-corrected chi connectivity index (χ2v) is 5.70. The molecule has 0 atom stereocenters. The summed E-state index contributed by atoms with van der Waals surface area (Å²) in [4.78, 5) is 12.4. The molecule has 5 nitrogen and oxygen atoms in total. The molecule has 1 aliphatic heterocycles. The van der Waals surface area contributed by atoms with Gasteiger partial charge in [0.05, 0.1) is 10.6 Å². The summed E-state index contributed by atoms with van der Waals surface area (Å²) in [6.45, 7) is 3.94. The van der Waals surface area contributed by atoms with Crippen LogP contribution >= 0.6 is 11.6 Å². The highest BCUT2D eigenvalue weighted by Crippen LogP contribution is 2.33. The SMILES string of the molecule is Cc1onc(-c2c(F)cccc2Cl)c1C(=O)NCC1CNC1. The summed E-state index contributed by atoms with van der Waals surface area (Å²) in [5.74, 6) is -0.124. The van der Waals surface area contributed by atoms with Gasteiger partial charge in [-0.2, -0.15) is 0 Å². The first-order valence-corrected chi connectivity index (χ1v) is 7.35. The second kappa shape index (κ2) is 6.06. The lowest BCUT2D eigenvalue weighted by molar-refractivity contribution is 0.0941. The highest BCUT2D eigenvalue weighted by Gasteiger charge is 2.26.